The maximum Gasteiger partial charge on any atom is 0.342 e. The number of carbonyl (C=O) groups excluding carboxylic acids is 1. The molecule has 0 aromatic heterocycles. The lowest BCUT2D eigenvalue weighted by molar-refractivity contribution is 0.0446. The predicted octanol–water partition coefficient (Wildman–Crippen LogP) is 3.60. The second-order valence-corrected chi connectivity index (χ2v) is 5.26. The van der Waals surface area contributed by atoms with Crippen LogP contribution in [-0.4, -0.2) is 40.5 Å². The van der Waals surface area contributed by atoms with Gasteiger partial charge in [0.15, 0.2) is 11.5 Å². The number of hydrogen-bond donors (Lipinski definition) is 0. The largest absolute Gasteiger partial charge is 0.493 e. The summed E-state index contributed by atoms with van der Waals surface area (Å²) in [5, 5.41) is 0.624. The number of ether oxygens (including phenoxy) is 5. The molecule has 0 aliphatic carbocycles. The van der Waals surface area contributed by atoms with Gasteiger partial charge in [-0.15, -0.1) is 0 Å². The molecule has 0 amide bonds. The number of rotatable bonds is 8. The van der Waals surface area contributed by atoms with Crippen LogP contribution in [0.15, 0.2) is 36.4 Å². The van der Waals surface area contributed by atoms with Gasteiger partial charge in [0.05, 0.1) is 21.3 Å². The lowest BCUT2D eigenvalue weighted by Gasteiger charge is -2.15. The number of methoxy groups -OCH3 is 3. The highest BCUT2D eigenvalue weighted by Gasteiger charge is 2.21. The van der Waals surface area contributed by atoms with Gasteiger partial charge >= 0.3 is 5.97 Å². The summed E-state index contributed by atoms with van der Waals surface area (Å²) in [6, 6.07) is 10.1. The Labute approximate surface area is 151 Å². The minimum atomic E-state index is -0.544. The summed E-state index contributed by atoms with van der Waals surface area (Å²) in [5.41, 5.74) is 0.242. The fourth-order valence-corrected chi connectivity index (χ4v) is 2.29. The fraction of sp³-hybridized carbons (Fsp3) is 0.278. The van der Waals surface area contributed by atoms with E-state index in [1.54, 1.807) is 36.4 Å². The number of benzene rings is 2. The van der Waals surface area contributed by atoms with E-state index in [0.29, 0.717) is 22.3 Å². The molecule has 7 heteroatoms. The fourth-order valence-electron chi connectivity index (χ4n) is 2.16. The van der Waals surface area contributed by atoms with Gasteiger partial charge in [-0.2, -0.15) is 0 Å². The van der Waals surface area contributed by atoms with E-state index in [4.69, 9.17) is 35.3 Å². The zero-order valence-electron chi connectivity index (χ0n) is 14.2. The molecule has 2 aromatic carbocycles. The number of hydrogen-bond acceptors (Lipinski definition) is 6. The minimum absolute atomic E-state index is 0.0823. The lowest BCUT2D eigenvalue weighted by Crippen LogP contribution is -2.13. The molecule has 25 heavy (non-hydrogen) atoms. The first kappa shape index (κ1) is 18.7. The van der Waals surface area contributed by atoms with Gasteiger partial charge in [0.25, 0.3) is 0 Å². The Morgan fingerprint density at radius 1 is 0.880 bits per heavy atom. The van der Waals surface area contributed by atoms with Crippen molar-refractivity contribution in [1.29, 1.82) is 0 Å². The van der Waals surface area contributed by atoms with E-state index in [0.717, 1.165) is 0 Å². The zero-order chi connectivity index (χ0) is 18.2. The average molecular weight is 367 g/mol. The van der Waals surface area contributed by atoms with Crippen molar-refractivity contribution >= 4 is 17.6 Å². The number of halogens is 1. The van der Waals surface area contributed by atoms with Gasteiger partial charge in [0.1, 0.15) is 24.5 Å². The van der Waals surface area contributed by atoms with Gasteiger partial charge in [-0.05, 0) is 36.4 Å². The van der Waals surface area contributed by atoms with Gasteiger partial charge in [0.2, 0.25) is 5.75 Å². The van der Waals surface area contributed by atoms with Crippen LogP contribution in [0.1, 0.15) is 10.4 Å². The Hall–Kier alpha value is -2.60. The second-order valence-electron chi connectivity index (χ2n) is 4.82. The molecule has 0 bridgehead atoms. The van der Waals surface area contributed by atoms with E-state index in [-0.39, 0.29) is 24.5 Å². The molecule has 0 atom stereocenters. The van der Waals surface area contributed by atoms with E-state index in [2.05, 4.69) is 0 Å². The third kappa shape index (κ3) is 4.70. The smallest absolute Gasteiger partial charge is 0.342 e. The van der Waals surface area contributed by atoms with Crippen molar-refractivity contribution in [1.82, 2.24) is 0 Å². The van der Waals surface area contributed by atoms with Crippen molar-refractivity contribution in [2.45, 2.75) is 0 Å². The molecule has 0 N–H and O–H groups in total. The molecule has 0 heterocycles. The molecule has 2 rings (SSSR count). The quantitative estimate of drug-likeness (QED) is 0.525. The molecule has 134 valence electrons. The maximum absolute atomic E-state index is 12.3. The summed E-state index contributed by atoms with van der Waals surface area (Å²) in [7, 11) is 4.41. The standard InChI is InChI=1S/C18H19ClO6/c1-21-15-9-8-14(16(22-2)17(15)23-3)18(20)25-11-10-24-13-6-4-12(19)5-7-13/h4-9H,10-11H2,1-3H3. The van der Waals surface area contributed by atoms with Gasteiger partial charge < -0.3 is 23.7 Å². The Balaban J connectivity index is 1.97. The minimum Gasteiger partial charge on any atom is -0.493 e. The van der Waals surface area contributed by atoms with Crippen LogP contribution in [0, 0.1) is 0 Å². The Morgan fingerprint density at radius 2 is 1.56 bits per heavy atom. The highest BCUT2D eigenvalue weighted by atomic mass is 35.5. The van der Waals surface area contributed by atoms with Crippen LogP contribution < -0.4 is 18.9 Å². The van der Waals surface area contributed by atoms with E-state index in [1.165, 1.54) is 21.3 Å². The van der Waals surface area contributed by atoms with Crippen LogP contribution in [0.3, 0.4) is 0 Å². The van der Waals surface area contributed by atoms with Crippen molar-refractivity contribution in [2.24, 2.45) is 0 Å². The molecule has 2 aromatic rings. The first-order valence-corrected chi connectivity index (χ1v) is 7.83. The molecule has 0 saturated carbocycles. The highest BCUT2D eigenvalue weighted by Crippen LogP contribution is 2.39. The zero-order valence-corrected chi connectivity index (χ0v) is 15.0. The third-order valence-corrected chi connectivity index (χ3v) is 3.57. The topological polar surface area (TPSA) is 63.2 Å². The Kier molecular flexibility index (Phi) is 6.77. The van der Waals surface area contributed by atoms with Crippen LogP contribution >= 0.6 is 11.6 Å². The molecule has 6 nitrogen and oxygen atoms in total. The van der Waals surface area contributed by atoms with Crippen LogP contribution in [0.2, 0.25) is 5.02 Å². The summed E-state index contributed by atoms with van der Waals surface area (Å²) >= 11 is 5.80. The first-order chi connectivity index (χ1) is 12.1. The van der Waals surface area contributed by atoms with Gasteiger partial charge in [-0.25, -0.2) is 4.79 Å². The van der Waals surface area contributed by atoms with E-state index in [1.807, 2.05) is 0 Å². The molecular formula is C18H19ClO6. The molecule has 0 aliphatic heterocycles. The summed E-state index contributed by atoms with van der Waals surface area (Å²) in [5.74, 6) is 1.14. The van der Waals surface area contributed by atoms with Crippen LogP contribution in [0.4, 0.5) is 0 Å². The van der Waals surface area contributed by atoms with Crippen molar-refractivity contribution < 1.29 is 28.5 Å². The Morgan fingerprint density at radius 3 is 2.16 bits per heavy atom. The van der Waals surface area contributed by atoms with Crippen LogP contribution in [-0.2, 0) is 4.74 Å². The van der Waals surface area contributed by atoms with Gasteiger partial charge in [0, 0.05) is 5.02 Å². The third-order valence-electron chi connectivity index (χ3n) is 3.32. The summed E-state index contributed by atoms with van der Waals surface area (Å²) in [6.07, 6.45) is 0. The molecule has 0 radical (unpaired) electrons. The number of carbonyl (C=O) groups is 1. The van der Waals surface area contributed by atoms with Gasteiger partial charge in [-0.1, -0.05) is 11.6 Å². The Bertz CT molecular complexity index is 714. The maximum atomic E-state index is 12.3. The summed E-state index contributed by atoms with van der Waals surface area (Å²) < 4.78 is 26.4. The second kappa shape index (κ2) is 9.03. The molecule has 0 unspecified atom stereocenters. The molecule has 0 aliphatic rings. The van der Waals surface area contributed by atoms with E-state index >= 15 is 0 Å². The lowest BCUT2D eigenvalue weighted by atomic mass is 10.1. The average Bonchev–Trinajstić information content (AvgIpc) is 2.64. The SMILES string of the molecule is COc1ccc(C(=O)OCCOc2ccc(Cl)cc2)c(OC)c1OC. The normalized spacial score (nSPS) is 10.1. The van der Waals surface area contributed by atoms with Crippen molar-refractivity contribution in [2.75, 3.05) is 34.5 Å². The van der Waals surface area contributed by atoms with Crippen LogP contribution in [0.5, 0.6) is 23.0 Å². The van der Waals surface area contributed by atoms with E-state index < -0.39 is 5.97 Å². The number of esters is 1. The van der Waals surface area contributed by atoms with Crippen molar-refractivity contribution in [3.05, 3.63) is 47.0 Å². The summed E-state index contributed by atoms with van der Waals surface area (Å²) in [4.78, 5) is 12.3. The first-order valence-electron chi connectivity index (χ1n) is 7.45. The molecule has 0 saturated heterocycles. The molecule has 0 fully saturated rings. The van der Waals surface area contributed by atoms with E-state index in [9.17, 15) is 4.79 Å². The van der Waals surface area contributed by atoms with Crippen molar-refractivity contribution in [3.8, 4) is 23.0 Å². The predicted molar refractivity (Wildman–Crippen MR) is 93.3 cm³/mol. The monoisotopic (exact) mass is 366 g/mol. The molecular weight excluding hydrogens is 348 g/mol. The van der Waals surface area contributed by atoms with Gasteiger partial charge in [-0.3, -0.25) is 0 Å². The van der Waals surface area contributed by atoms with Crippen molar-refractivity contribution in [3.63, 3.8) is 0 Å². The molecule has 0 spiro atoms. The highest BCUT2D eigenvalue weighted by molar-refractivity contribution is 6.30. The summed E-state index contributed by atoms with van der Waals surface area (Å²) in [6.45, 7) is 0.294. The van der Waals surface area contributed by atoms with Crippen LogP contribution in [0.25, 0.3) is 0 Å².